The Hall–Kier alpha value is -5.33. The van der Waals surface area contributed by atoms with Crippen LogP contribution in [0.4, 0.5) is 5.69 Å². The Balaban J connectivity index is 1.10. The van der Waals surface area contributed by atoms with Gasteiger partial charge in [-0.15, -0.1) is 0 Å². The summed E-state index contributed by atoms with van der Waals surface area (Å²) >= 11 is 0. The molecular weight excluding hydrogens is 851 g/mol. The van der Waals surface area contributed by atoms with E-state index < -0.39 is 60.7 Å². The molecular formula is C50H59N3O13. The molecule has 2 fully saturated rings. The normalized spacial score (nSPS) is 25.5. The van der Waals surface area contributed by atoms with Crippen LogP contribution in [0.2, 0.25) is 0 Å². The van der Waals surface area contributed by atoms with Gasteiger partial charge in [-0.3, -0.25) is 14.6 Å². The number of phenols is 2. The summed E-state index contributed by atoms with van der Waals surface area (Å²) in [5.74, 6) is 0.797. The van der Waals surface area contributed by atoms with Crippen LogP contribution < -0.4 is 20.4 Å². The molecule has 8 N–H and O–H groups in total. The topological polar surface area (TPSA) is 244 Å². The van der Waals surface area contributed by atoms with Gasteiger partial charge in [-0.1, -0.05) is 32.3 Å². The predicted octanol–water partition coefficient (Wildman–Crippen LogP) is 4.65. The Labute approximate surface area is 381 Å². The van der Waals surface area contributed by atoms with Crippen LogP contribution in [0.1, 0.15) is 82.1 Å². The summed E-state index contributed by atoms with van der Waals surface area (Å²) in [5, 5.41) is 80.1. The quantitative estimate of drug-likeness (QED) is 0.0598. The van der Waals surface area contributed by atoms with Crippen LogP contribution in [0.15, 0.2) is 80.2 Å². The fraction of sp³-hybridized carbons (Fsp3) is 0.500. The summed E-state index contributed by atoms with van der Waals surface area (Å²) in [6.07, 6.45) is 4.80. The van der Waals surface area contributed by atoms with Crippen molar-refractivity contribution in [3.63, 3.8) is 0 Å². The average Bonchev–Trinajstić information content (AvgIpc) is 3.99. The molecule has 1 aliphatic carbocycles. The molecule has 16 nitrogen and oxygen atoms in total. The van der Waals surface area contributed by atoms with E-state index in [1.807, 2.05) is 19.2 Å². The lowest BCUT2D eigenvalue weighted by atomic mass is 9.65. The summed E-state index contributed by atoms with van der Waals surface area (Å²) < 4.78 is 13.7. The smallest absolute Gasteiger partial charge is 0.226 e. The van der Waals surface area contributed by atoms with Gasteiger partial charge in [0.1, 0.15) is 65.2 Å². The number of anilines is 1. The molecule has 0 radical (unpaired) electrons. The first-order chi connectivity index (χ1) is 31.6. The summed E-state index contributed by atoms with van der Waals surface area (Å²) in [6.45, 7) is 4.53. The first-order valence-electron chi connectivity index (χ1n) is 23.0. The highest BCUT2D eigenvalue weighted by Crippen LogP contribution is 2.52. The van der Waals surface area contributed by atoms with E-state index in [2.05, 4.69) is 22.1 Å². The number of aryl methyl sites for hydroxylation is 1. The van der Waals surface area contributed by atoms with E-state index in [4.69, 9.17) is 18.9 Å². The Morgan fingerprint density at radius 2 is 1.82 bits per heavy atom. The van der Waals surface area contributed by atoms with Gasteiger partial charge in [0.15, 0.2) is 16.8 Å². The van der Waals surface area contributed by atoms with Crippen LogP contribution in [-0.4, -0.2) is 109 Å². The molecule has 8 unspecified atom stereocenters. The molecule has 8 atom stereocenters. The zero-order valence-corrected chi connectivity index (χ0v) is 37.4. The van der Waals surface area contributed by atoms with Crippen molar-refractivity contribution in [1.82, 2.24) is 5.32 Å². The van der Waals surface area contributed by atoms with Crippen LogP contribution in [-0.2, 0) is 27.4 Å². The Bertz CT molecular complexity index is 2690. The van der Waals surface area contributed by atoms with Crippen molar-refractivity contribution in [3.05, 3.63) is 93.1 Å². The summed E-state index contributed by atoms with van der Waals surface area (Å²) in [4.78, 5) is 46.2. The van der Waals surface area contributed by atoms with Gasteiger partial charge < -0.3 is 55.1 Å². The summed E-state index contributed by atoms with van der Waals surface area (Å²) in [6, 6.07) is 10.2. The number of hydrogen-bond donors (Lipinski definition) is 8. The highest BCUT2D eigenvalue weighted by atomic mass is 17.2. The van der Waals surface area contributed by atoms with Gasteiger partial charge >= 0.3 is 0 Å². The average molecular weight is 910 g/mol. The number of hydrogen-bond acceptors (Lipinski definition) is 15. The number of nitrogens with one attached hydrogen (secondary N) is 1. The number of aliphatic hydroxyl groups excluding tert-OH is 4. The molecule has 9 rings (SSSR count). The third kappa shape index (κ3) is 7.95. The summed E-state index contributed by atoms with van der Waals surface area (Å²) in [7, 11) is 0. The highest BCUT2D eigenvalue weighted by Gasteiger charge is 2.53. The molecule has 352 valence electrons. The SMILES string of the molecule is CCC1C2=CC=NC2=CN1c1c2c(cc3c(=O)cc(C)oc13)CC(OOCC(O)(Cc1ccc(O)c3ccc(O)cc13)C(O)C(O)C(O)CO)C(C)(CCC1CNC(=O)C13CCCCC3)O2. The third-order valence-electron chi connectivity index (χ3n) is 14.9. The number of amides is 1. The van der Waals surface area contributed by atoms with E-state index in [1.54, 1.807) is 19.2 Å². The molecule has 3 aromatic carbocycles. The van der Waals surface area contributed by atoms with Gasteiger partial charge in [-0.2, -0.15) is 0 Å². The molecule has 4 aliphatic heterocycles. The maximum absolute atomic E-state index is 13.8. The van der Waals surface area contributed by atoms with Crippen LogP contribution in [0.25, 0.3) is 21.7 Å². The van der Waals surface area contributed by atoms with Crippen LogP contribution in [0, 0.1) is 18.3 Å². The minimum Gasteiger partial charge on any atom is -0.508 e. The minimum absolute atomic E-state index is 0.0154. The maximum Gasteiger partial charge on any atom is 0.226 e. The standard InChI is InChI=1S/C50H59N3O13/c1-4-37-33-13-17-51-36(33)24-53(37)42-44-29(19-35-39(57)18-27(2)64-45(35)42)20-41(48(3,65-44)16-12-30-23-52-47(61)49(30)14-6-5-7-15-49)66-63-26-50(62,46(60)43(59)40(58)25-54)22-28-8-11-38(56)32-10-9-31(55)21-34(28)32/h8-11,13,17-19,21,24,30,37,40-41,43,46,54-56,58-60,62H,4-7,12,14-16,20,22-23,25-26H2,1-3H3,(H,52,61). The molecule has 1 amide bonds. The van der Waals surface area contributed by atoms with Crippen molar-refractivity contribution in [2.24, 2.45) is 16.3 Å². The maximum atomic E-state index is 13.8. The van der Waals surface area contributed by atoms with Gasteiger partial charge in [-0.25, -0.2) is 9.78 Å². The summed E-state index contributed by atoms with van der Waals surface area (Å²) in [5.41, 5.74) is -0.596. The van der Waals surface area contributed by atoms with E-state index in [0.717, 1.165) is 43.4 Å². The molecule has 5 heterocycles. The largest absolute Gasteiger partial charge is 0.508 e. The van der Waals surface area contributed by atoms with Crippen molar-refractivity contribution in [2.75, 3.05) is 24.7 Å². The number of benzene rings is 3. The zero-order chi connectivity index (χ0) is 46.7. The lowest BCUT2D eigenvalue weighted by Gasteiger charge is -2.45. The first kappa shape index (κ1) is 45.8. The number of fused-ring (bicyclic) bond motifs is 4. The first-order valence-corrected chi connectivity index (χ1v) is 23.0. The predicted molar refractivity (Wildman–Crippen MR) is 244 cm³/mol. The van der Waals surface area contributed by atoms with E-state index in [1.165, 1.54) is 36.4 Å². The molecule has 1 spiro atoms. The molecule has 66 heavy (non-hydrogen) atoms. The van der Waals surface area contributed by atoms with E-state index in [0.29, 0.717) is 75.9 Å². The van der Waals surface area contributed by atoms with Gasteiger partial charge in [0.05, 0.1) is 29.1 Å². The second-order valence-electron chi connectivity index (χ2n) is 19.1. The number of nitrogens with zero attached hydrogens (tertiary/aromatic N) is 2. The van der Waals surface area contributed by atoms with E-state index in [9.17, 15) is 45.3 Å². The highest BCUT2D eigenvalue weighted by molar-refractivity contribution is 5.97. The Morgan fingerprint density at radius 3 is 2.58 bits per heavy atom. The molecule has 16 heteroatoms. The van der Waals surface area contributed by atoms with Crippen molar-refractivity contribution >= 4 is 39.6 Å². The van der Waals surface area contributed by atoms with Gasteiger partial charge in [-0.05, 0) is 99.2 Å². The van der Waals surface area contributed by atoms with Crippen LogP contribution >= 0.6 is 0 Å². The third-order valence-corrected chi connectivity index (χ3v) is 14.9. The molecule has 0 bridgehead atoms. The lowest BCUT2D eigenvalue weighted by Crippen LogP contribution is -2.58. The molecule has 1 saturated carbocycles. The van der Waals surface area contributed by atoms with Crippen LogP contribution in [0.5, 0.6) is 17.2 Å². The second-order valence-corrected chi connectivity index (χ2v) is 19.1. The Kier molecular flexibility index (Phi) is 12.3. The number of allylic oxidation sites excluding steroid dienone is 1. The number of aromatic hydroxyl groups is 2. The second kappa shape index (κ2) is 17.7. The van der Waals surface area contributed by atoms with Crippen molar-refractivity contribution < 1.29 is 59.5 Å². The number of aliphatic imine (C=N–C) groups is 1. The van der Waals surface area contributed by atoms with Crippen molar-refractivity contribution in [1.29, 1.82) is 0 Å². The van der Waals surface area contributed by atoms with E-state index in [-0.39, 0.29) is 41.2 Å². The number of carbonyl (C=O) groups is 1. The number of aliphatic hydroxyl groups is 5. The number of phenolic OH excluding ortho intramolecular Hbond substituents is 2. The van der Waals surface area contributed by atoms with Crippen LogP contribution in [0.3, 0.4) is 0 Å². The van der Waals surface area contributed by atoms with Crippen molar-refractivity contribution in [3.8, 4) is 17.2 Å². The molecule has 4 aromatic rings. The zero-order valence-electron chi connectivity index (χ0n) is 37.4. The van der Waals surface area contributed by atoms with Gasteiger partial charge in [0, 0.05) is 54.4 Å². The molecule has 5 aliphatic rings. The fourth-order valence-corrected chi connectivity index (χ4v) is 11.1. The number of ether oxygens (including phenoxy) is 1. The van der Waals surface area contributed by atoms with Gasteiger partial charge in [0.2, 0.25) is 5.91 Å². The number of rotatable bonds is 15. The fourth-order valence-electron chi connectivity index (χ4n) is 11.1. The lowest BCUT2D eigenvalue weighted by molar-refractivity contribution is -0.371. The van der Waals surface area contributed by atoms with E-state index >= 15 is 0 Å². The molecule has 1 saturated heterocycles. The minimum atomic E-state index is -2.41. The van der Waals surface area contributed by atoms with Gasteiger partial charge in [0.25, 0.3) is 0 Å². The van der Waals surface area contributed by atoms with Crippen molar-refractivity contribution in [2.45, 2.75) is 127 Å². The molecule has 1 aromatic heterocycles. The Morgan fingerprint density at radius 1 is 1.03 bits per heavy atom. The number of carbonyl (C=O) groups excluding carboxylic acids is 1. The monoisotopic (exact) mass is 909 g/mol.